The van der Waals surface area contributed by atoms with Gasteiger partial charge >= 0.3 is 0 Å². The molecule has 0 spiro atoms. The fourth-order valence-electron chi connectivity index (χ4n) is 2.47. The predicted molar refractivity (Wildman–Crippen MR) is 114 cm³/mol. The van der Waals surface area contributed by atoms with Crippen molar-refractivity contribution in [2.75, 3.05) is 32.7 Å². The first kappa shape index (κ1) is 23.1. The van der Waals surface area contributed by atoms with Crippen LogP contribution < -0.4 is 10.6 Å². The molecule has 1 heterocycles. The number of nitrogens with one attached hydrogen (secondary N) is 2. The zero-order valence-corrected chi connectivity index (χ0v) is 17.8. The Morgan fingerprint density at radius 2 is 1.83 bits per heavy atom. The number of hydrogen-bond donors (Lipinski definition) is 2. The van der Waals surface area contributed by atoms with Gasteiger partial charge in [0.2, 0.25) is 0 Å². The van der Waals surface area contributed by atoms with Gasteiger partial charge in [0.15, 0.2) is 5.96 Å². The van der Waals surface area contributed by atoms with E-state index in [1.165, 1.54) is 25.9 Å². The van der Waals surface area contributed by atoms with Crippen molar-refractivity contribution < 1.29 is 0 Å². The molecule has 6 heteroatoms. The maximum absolute atomic E-state index is 4.59. The van der Waals surface area contributed by atoms with E-state index in [0.717, 1.165) is 37.7 Å². The largest absolute Gasteiger partial charge is 0.357 e. The van der Waals surface area contributed by atoms with E-state index >= 15 is 0 Å². The zero-order valence-electron chi connectivity index (χ0n) is 15.4. The van der Waals surface area contributed by atoms with Crippen molar-refractivity contribution in [1.82, 2.24) is 20.5 Å². The molecule has 0 aromatic carbocycles. The Labute approximate surface area is 164 Å². The van der Waals surface area contributed by atoms with Crippen molar-refractivity contribution in [2.24, 2.45) is 4.99 Å². The minimum atomic E-state index is 0. The summed E-state index contributed by atoms with van der Waals surface area (Å²) in [5.74, 6) is 0.871. The summed E-state index contributed by atoms with van der Waals surface area (Å²) >= 11 is 0. The lowest BCUT2D eigenvalue weighted by Crippen LogP contribution is -2.39. The number of aliphatic imine (C=N–C) groups is 1. The fourth-order valence-corrected chi connectivity index (χ4v) is 2.47. The molecule has 1 rings (SSSR count). The number of hydrogen-bond acceptors (Lipinski definition) is 3. The van der Waals surface area contributed by atoms with Crippen molar-refractivity contribution in [3.63, 3.8) is 0 Å². The van der Waals surface area contributed by atoms with Crippen LogP contribution in [-0.4, -0.2) is 48.6 Å². The minimum Gasteiger partial charge on any atom is -0.357 e. The van der Waals surface area contributed by atoms with Gasteiger partial charge in [-0.2, -0.15) is 0 Å². The Bertz CT molecular complexity index is 419. The Morgan fingerprint density at radius 3 is 2.42 bits per heavy atom. The first-order valence-electron chi connectivity index (χ1n) is 8.94. The van der Waals surface area contributed by atoms with Crippen molar-refractivity contribution >= 4 is 29.9 Å². The zero-order chi connectivity index (χ0) is 16.8. The number of halogens is 1. The molecule has 2 N–H and O–H groups in total. The van der Waals surface area contributed by atoms with E-state index in [1.54, 1.807) is 6.20 Å². The molecule has 138 valence electrons. The van der Waals surface area contributed by atoms with Gasteiger partial charge < -0.3 is 15.5 Å². The summed E-state index contributed by atoms with van der Waals surface area (Å²) in [4.78, 5) is 11.4. The van der Waals surface area contributed by atoms with Gasteiger partial charge in [-0.25, -0.2) is 4.99 Å². The second kappa shape index (κ2) is 15.6. The number of aromatic nitrogens is 1. The smallest absolute Gasteiger partial charge is 0.191 e. The molecule has 0 unspecified atom stereocenters. The van der Waals surface area contributed by atoms with Gasteiger partial charge in [0.1, 0.15) is 0 Å². The van der Waals surface area contributed by atoms with Crippen LogP contribution >= 0.6 is 24.0 Å². The van der Waals surface area contributed by atoms with Crippen LogP contribution in [0.2, 0.25) is 0 Å². The SMILES string of the molecule is CCCN(CCC)CCCNC(=NCc1ccccn1)NCC.I. The van der Waals surface area contributed by atoms with Crippen LogP contribution in [-0.2, 0) is 6.54 Å². The van der Waals surface area contributed by atoms with Gasteiger partial charge in [-0.3, -0.25) is 4.98 Å². The molecular weight excluding hydrogens is 413 g/mol. The Kier molecular flexibility index (Phi) is 15.0. The standard InChI is InChI=1S/C18H33N5.HI/c1-4-13-23(14-5-2)15-9-12-21-18(19-6-3)22-16-17-10-7-8-11-20-17;/h7-8,10-11H,4-6,9,12-16H2,1-3H3,(H2,19,21,22);1H. The summed E-state index contributed by atoms with van der Waals surface area (Å²) in [5.41, 5.74) is 0.988. The summed E-state index contributed by atoms with van der Waals surface area (Å²) in [7, 11) is 0. The second-order valence-corrected chi connectivity index (χ2v) is 5.64. The summed E-state index contributed by atoms with van der Waals surface area (Å²) in [5, 5.41) is 6.70. The summed E-state index contributed by atoms with van der Waals surface area (Å²) in [6, 6.07) is 5.92. The van der Waals surface area contributed by atoms with E-state index in [9.17, 15) is 0 Å². The molecule has 1 aromatic rings. The van der Waals surface area contributed by atoms with Crippen molar-refractivity contribution in [1.29, 1.82) is 0 Å². The first-order valence-corrected chi connectivity index (χ1v) is 8.94. The molecule has 0 aliphatic heterocycles. The van der Waals surface area contributed by atoms with Gasteiger partial charge in [0, 0.05) is 19.3 Å². The van der Waals surface area contributed by atoms with Crippen LogP contribution in [0.25, 0.3) is 0 Å². The lowest BCUT2D eigenvalue weighted by molar-refractivity contribution is 0.271. The molecule has 1 aromatic heterocycles. The molecule has 0 radical (unpaired) electrons. The van der Waals surface area contributed by atoms with Gasteiger partial charge in [-0.1, -0.05) is 19.9 Å². The van der Waals surface area contributed by atoms with Crippen molar-refractivity contribution in [3.05, 3.63) is 30.1 Å². The van der Waals surface area contributed by atoms with E-state index in [0.29, 0.717) is 6.54 Å². The Hall–Kier alpha value is -0.890. The molecule has 0 aliphatic rings. The second-order valence-electron chi connectivity index (χ2n) is 5.64. The molecule has 0 bridgehead atoms. The van der Waals surface area contributed by atoms with E-state index in [-0.39, 0.29) is 24.0 Å². The third-order valence-corrected chi connectivity index (χ3v) is 3.49. The van der Waals surface area contributed by atoms with Gasteiger partial charge in [-0.15, -0.1) is 24.0 Å². The molecule has 0 saturated carbocycles. The highest BCUT2D eigenvalue weighted by Crippen LogP contribution is 1.97. The topological polar surface area (TPSA) is 52.5 Å². The minimum absolute atomic E-state index is 0. The van der Waals surface area contributed by atoms with E-state index in [2.05, 4.69) is 46.3 Å². The summed E-state index contributed by atoms with van der Waals surface area (Å²) in [6.07, 6.45) is 5.39. The number of nitrogens with zero attached hydrogens (tertiary/aromatic N) is 3. The molecule has 0 saturated heterocycles. The molecular formula is C18H34IN5. The van der Waals surface area contributed by atoms with Gasteiger partial charge in [0.25, 0.3) is 0 Å². The lowest BCUT2D eigenvalue weighted by Gasteiger charge is -2.21. The van der Waals surface area contributed by atoms with E-state index < -0.39 is 0 Å². The van der Waals surface area contributed by atoms with Crippen LogP contribution in [0.3, 0.4) is 0 Å². The maximum Gasteiger partial charge on any atom is 0.191 e. The molecule has 0 aliphatic carbocycles. The molecule has 24 heavy (non-hydrogen) atoms. The molecule has 0 fully saturated rings. The third kappa shape index (κ3) is 10.8. The number of pyridine rings is 1. The highest BCUT2D eigenvalue weighted by atomic mass is 127. The van der Waals surface area contributed by atoms with Crippen LogP contribution in [0.15, 0.2) is 29.4 Å². The molecule has 5 nitrogen and oxygen atoms in total. The van der Waals surface area contributed by atoms with E-state index in [4.69, 9.17) is 0 Å². The number of guanidine groups is 1. The van der Waals surface area contributed by atoms with Gasteiger partial charge in [-0.05, 0) is 58.0 Å². The van der Waals surface area contributed by atoms with Crippen molar-refractivity contribution in [2.45, 2.75) is 46.6 Å². The highest BCUT2D eigenvalue weighted by molar-refractivity contribution is 14.0. The Morgan fingerprint density at radius 1 is 1.08 bits per heavy atom. The Balaban J connectivity index is 0.00000529. The molecule has 0 amide bonds. The van der Waals surface area contributed by atoms with Crippen LogP contribution in [0.1, 0.15) is 45.7 Å². The monoisotopic (exact) mass is 447 g/mol. The fraction of sp³-hybridized carbons (Fsp3) is 0.667. The average molecular weight is 447 g/mol. The maximum atomic E-state index is 4.59. The third-order valence-electron chi connectivity index (χ3n) is 3.49. The summed E-state index contributed by atoms with van der Waals surface area (Å²) in [6.45, 7) is 12.5. The highest BCUT2D eigenvalue weighted by Gasteiger charge is 2.02. The van der Waals surface area contributed by atoms with Crippen LogP contribution in [0.5, 0.6) is 0 Å². The first-order chi connectivity index (χ1) is 11.3. The average Bonchev–Trinajstić information content (AvgIpc) is 2.57. The van der Waals surface area contributed by atoms with Crippen molar-refractivity contribution in [3.8, 4) is 0 Å². The van der Waals surface area contributed by atoms with Gasteiger partial charge in [0.05, 0.1) is 12.2 Å². The van der Waals surface area contributed by atoms with Crippen LogP contribution in [0, 0.1) is 0 Å². The summed E-state index contributed by atoms with van der Waals surface area (Å²) < 4.78 is 0. The van der Waals surface area contributed by atoms with Crippen LogP contribution in [0.4, 0.5) is 0 Å². The number of rotatable bonds is 11. The normalized spacial score (nSPS) is 11.2. The predicted octanol–water partition coefficient (Wildman–Crippen LogP) is 3.27. The molecule has 0 atom stereocenters. The quantitative estimate of drug-likeness (QED) is 0.237. The van der Waals surface area contributed by atoms with E-state index in [1.807, 2.05) is 18.2 Å². The lowest BCUT2D eigenvalue weighted by atomic mass is 10.3.